The Hall–Kier alpha value is -0.130. The van der Waals surface area contributed by atoms with Crippen LogP contribution in [0, 0.1) is 5.92 Å². The van der Waals surface area contributed by atoms with Crippen molar-refractivity contribution in [3.05, 3.63) is 0 Å². The Morgan fingerprint density at radius 3 is 2.53 bits per heavy atom. The smallest absolute Gasteiger partial charge is 0.150 e. The average molecular weight is 233 g/mol. The molecule has 2 N–H and O–H groups in total. The largest absolute Gasteiger partial charge is 0.390 e. The molecule has 2 saturated heterocycles. The number of rotatable bonds is 2. The van der Waals surface area contributed by atoms with Crippen LogP contribution in [0.4, 0.5) is 0 Å². The van der Waals surface area contributed by atoms with Crippen LogP contribution in [0.3, 0.4) is 0 Å². The molecule has 0 aromatic heterocycles. The Morgan fingerprint density at radius 2 is 2.00 bits per heavy atom. The van der Waals surface area contributed by atoms with E-state index in [0.717, 1.165) is 32.4 Å². The zero-order valence-electron chi connectivity index (χ0n) is 8.91. The van der Waals surface area contributed by atoms with Gasteiger partial charge in [0, 0.05) is 0 Å². The van der Waals surface area contributed by atoms with E-state index in [9.17, 15) is 13.5 Å². The van der Waals surface area contributed by atoms with E-state index in [-0.39, 0.29) is 11.7 Å². The number of piperidine rings is 1. The van der Waals surface area contributed by atoms with Crippen molar-refractivity contribution in [3.63, 3.8) is 0 Å². The maximum atomic E-state index is 11.3. The van der Waals surface area contributed by atoms with Crippen molar-refractivity contribution < 1.29 is 13.5 Å². The summed E-state index contributed by atoms with van der Waals surface area (Å²) < 4.78 is 22.6. The fourth-order valence-corrected chi connectivity index (χ4v) is 4.53. The van der Waals surface area contributed by atoms with Crippen molar-refractivity contribution in [2.75, 3.05) is 24.6 Å². The normalized spacial score (nSPS) is 34.1. The van der Waals surface area contributed by atoms with E-state index in [2.05, 4.69) is 5.32 Å². The SMILES string of the molecule is O=S1(=O)CCC(CC2(O)CCNCC2)C1. The van der Waals surface area contributed by atoms with Crippen molar-refractivity contribution in [3.8, 4) is 0 Å². The summed E-state index contributed by atoms with van der Waals surface area (Å²) in [5, 5.41) is 13.5. The van der Waals surface area contributed by atoms with Crippen LogP contribution in [-0.4, -0.2) is 43.7 Å². The molecule has 88 valence electrons. The quantitative estimate of drug-likeness (QED) is 0.700. The molecular weight excluding hydrogens is 214 g/mol. The highest BCUT2D eigenvalue weighted by molar-refractivity contribution is 7.91. The van der Waals surface area contributed by atoms with Crippen molar-refractivity contribution in [2.24, 2.45) is 5.92 Å². The van der Waals surface area contributed by atoms with Crippen LogP contribution < -0.4 is 5.32 Å². The summed E-state index contributed by atoms with van der Waals surface area (Å²) in [5.74, 6) is 0.771. The zero-order valence-corrected chi connectivity index (χ0v) is 9.72. The van der Waals surface area contributed by atoms with Crippen molar-refractivity contribution in [1.29, 1.82) is 0 Å². The first-order valence-electron chi connectivity index (χ1n) is 5.63. The molecule has 0 spiro atoms. The topological polar surface area (TPSA) is 66.4 Å². The average Bonchev–Trinajstić information content (AvgIpc) is 2.45. The highest BCUT2D eigenvalue weighted by Crippen LogP contribution is 2.31. The van der Waals surface area contributed by atoms with E-state index in [4.69, 9.17) is 0 Å². The Morgan fingerprint density at radius 1 is 1.33 bits per heavy atom. The zero-order chi connectivity index (χ0) is 10.9. The van der Waals surface area contributed by atoms with Crippen molar-refractivity contribution in [1.82, 2.24) is 5.32 Å². The summed E-state index contributed by atoms with van der Waals surface area (Å²) in [4.78, 5) is 0. The molecule has 5 heteroatoms. The third-order valence-corrected chi connectivity index (χ3v) is 5.37. The van der Waals surface area contributed by atoms with E-state index in [0.29, 0.717) is 12.2 Å². The van der Waals surface area contributed by atoms with Gasteiger partial charge in [-0.1, -0.05) is 0 Å². The van der Waals surface area contributed by atoms with Gasteiger partial charge < -0.3 is 10.4 Å². The number of hydrogen-bond acceptors (Lipinski definition) is 4. The first kappa shape index (κ1) is 11.4. The summed E-state index contributed by atoms with van der Waals surface area (Å²) in [6.07, 6.45) is 2.90. The third kappa shape index (κ3) is 2.92. The van der Waals surface area contributed by atoms with Gasteiger partial charge in [0.2, 0.25) is 0 Å². The highest BCUT2D eigenvalue weighted by atomic mass is 32.2. The molecular formula is C10H19NO3S. The molecule has 2 fully saturated rings. The molecule has 2 rings (SSSR count). The van der Waals surface area contributed by atoms with Crippen LogP contribution in [0.15, 0.2) is 0 Å². The molecule has 0 aromatic carbocycles. The number of nitrogens with one attached hydrogen (secondary N) is 1. The Balaban J connectivity index is 1.91. The fraction of sp³-hybridized carbons (Fsp3) is 1.00. The molecule has 1 unspecified atom stereocenters. The number of sulfone groups is 1. The molecule has 0 aromatic rings. The fourth-order valence-electron chi connectivity index (χ4n) is 2.67. The third-order valence-electron chi connectivity index (χ3n) is 3.53. The molecule has 2 aliphatic rings. The van der Waals surface area contributed by atoms with E-state index >= 15 is 0 Å². The Kier molecular flexibility index (Phi) is 3.05. The molecule has 0 bridgehead atoms. The van der Waals surface area contributed by atoms with Crippen molar-refractivity contribution >= 4 is 9.84 Å². The lowest BCUT2D eigenvalue weighted by molar-refractivity contribution is -0.00899. The van der Waals surface area contributed by atoms with Gasteiger partial charge in [-0.15, -0.1) is 0 Å². The number of hydrogen-bond donors (Lipinski definition) is 2. The van der Waals surface area contributed by atoms with Crippen LogP contribution in [0.1, 0.15) is 25.7 Å². The maximum Gasteiger partial charge on any atom is 0.150 e. The van der Waals surface area contributed by atoms with E-state index < -0.39 is 15.4 Å². The van der Waals surface area contributed by atoms with Gasteiger partial charge in [-0.3, -0.25) is 0 Å². The number of aliphatic hydroxyl groups is 1. The Labute approximate surface area is 91.0 Å². The second-order valence-electron chi connectivity index (χ2n) is 4.95. The van der Waals surface area contributed by atoms with Gasteiger partial charge in [-0.2, -0.15) is 0 Å². The van der Waals surface area contributed by atoms with Crippen LogP contribution in [0.2, 0.25) is 0 Å². The highest BCUT2D eigenvalue weighted by Gasteiger charge is 2.36. The van der Waals surface area contributed by atoms with Gasteiger partial charge in [-0.25, -0.2) is 8.42 Å². The molecule has 2 aliphatic heterocycles. The van der Waals surface area contributed by atoms with E-state index in [1.807, 2.05) is 0 Å². The summed E-state index contributed by atoms with van der Waals surface area (Å²) in [5.41, 5.74) is -0.615. The van der Waals surface area contributed by atoms with Gasteiger partial charge >= 0.3 is 0 Å². The minimum Gasteiger partial charge on any atom is -0.390 e. The van der Waals surface area contributed by atoms with Gasteiger partial charge in [0.05, 0.1) is 17.1 Å². The summed E-state index contributed by atoms with van der Waals surface area (Å²) in [6, 6.07) is 0. The minimum atomic E-state index is -2.80. The van der Waals surface area contributed by atoms with Crippen LogP contribution in [-0.2, 0) is 9.84 Å². The molecule has 4 nitrogen and oxygen atoms in total. The second-order valence-corrected chi connectivity index (χ2v) is 7.18. The first-order chi connectivity index (χ1) is 6.99. The molecule has 0 radical (unpaired) electrons. The van der Waals surface area contributed by atoms with Crippen LogP contribution in [0.25, 0.3) is 0 Å². The molecule has 1 atom stereocenters. The van der Waals surface area contributed by atoms with Gasteiger partial charge in [0.25, 0.3) is 0 Å². The lowest BCUT2D eigenvalue weighted by atomic mass is 9.83. The summed E-state index contributed by atoms with van der Waals surface area (Å²) >= 11 is 0. The molecule has 2 heterocycles. The van der Waals surface area contributed by atoms with Crippen LogP contribution >= 0.6 is 0 Å². The molecule has 0 saturated carbocycles. The molecule has 0 aliphatic carbocycles. The standard InChI is InChI=1S/C10H19NO3S/c12-10(2-4-11-5-3-10)7-9-1-6-15(13,14)8-9/h9,11-12H,1-8H2. The first-order valence-corrected chi connectivity index (χ1v) is 7.45. The maximum absolute atomic E-state index is 11.3. The van der Waals surface area contributed by atoms with Crippen LogP contribution in [0.5, 0.6) is 0 Å². The van der Waals surface area contributed by atoms with E-state index in [1.54, 1.807) is 0 Å². The second kappa shape index (κ2) is 4.03. The monoisotopic (exact) mass is 233 g/mol. The van der Waals surface area contributed by atoms with Crippen molar-refractivity contribution in [2.45, 2.75) is 31.3 Å². The van der Waals surface area contributed by atoms with Gasteiger partial charge in [-0.05, 0) is 44.7 Å². The summed E-state index contributed by atoms with van der Waals surface area (Å²) in [7, 11) is -2.80. The molecule has 15 heavy (non-hydrogen) atoms. The van der Waals surface area contributed by atoms with Gasteiger partial charge in [0.1, 0.15) is 0 Å². The lowest BCUT2D eigenvalue weighted by Crippen LogP contribution is -2.43. The summed E-state index contributed by atoms with van der Waals surface area (Å²) in [6.45, 7) is 1.69. The lowest BCUT2D eigenvalue weighted by Gasteiger charge is -2.34. The minimum absolute atomic E-state index is 0.179. The Bertz CT molecular complexity index is 320. The van der Waals surface area contributed by atoms with E-state index in [1.165, 1.54) is 0 Å². The molecule has 0 amide bonds. The predicted molar refractivity (Wildman–Crippen MR) is 58.4 cm³/mol. The van der Waals surface area contributed by atoms with Gasteiger partial charge in [0.15, 0.2) is 9.84 Å². The predicted octanol–water partition coefficient (Wildman–Crippen LogP) is -0.0743.